The number of halogens is 1. The van der Waals surface area contributed by atoms with Gasteiger partial charge in [0.25, 0.3) is 0 Å². The summed E-state index contributed by atoms with van der Waals surface area (Å²) in [7, 11) is 0. The fraction of sp³-hybridized carbons (Fsp3) is 0.650. The molecule has 166 valence electrons. The van der Waals surface area contributed by atoms with E-state index in [1.807, 2.05) is 12.1 Å². The van der Waals surface area contributed by atoms with Crippen molar-refractivity contribution in [2.45, 2.75) is 38.7 Å². The first-order valence-corrected chi connectivity index (χ1v) is 11.3. The number of anilines is 1. The molecule has 2 aromatic rings. The fourth-order valence-electron chi connectivity index (χ4n) is 3.62. The van der Waals surface area contributed by atoms with E-state index in [1.54, 1.807) is 6.26 Å². The smallest absolute Gasteiger partial charge is 0.205 e. The number of nitrogens with zero attached hydrogens (tertiary/aromatic N) is 5. The van der Waals surface area contributed by atoms with Gasteiger partial charge in [-0.25, -0.2) is 4.98 Å². The molecule has 0 saturated carbocycles. The Morgan fingerprint density at radius 3 is 2.87 bits per heavy atom. The Morgan fingerprint density at radius 2 is 2.20 bits per heavy atom. The minimum atomic E-state index is 0. The van der Waals surface area contributed by atoms with Gasteiger partial charge in [-0.2, -0.15) is 4.37 Å². The summed E-state index contributed by atoms with van der Waals surface area (Å²) >= 11 is 1.50. The number of piperazine rings is 1. The molecule has 10 heteroatoms. The molecule has 30 heavy (non-hydrogen) atoms. The normalized spacial score (nSPS) is 19.8. The monoisotopic (exact) mass is 546 g/mol. The maximum atomic E-state index is 5.75. The highest BCUT2D eigenvalue weighted by Crippen LogP contribution is 2.19. The van der Waals surface area contributed by atoms with Gasteiger partial charge in [0.15, 0.2) is 5.96 Å². The predicted molar refractivity (Wildman–Crippen MR) is 130 cm³/mol. The van der Waals surface area contributed by atoms with E-state index in [1.165, 1.54) is 11.5 Å². The number of aromatic nitrogens is 2. The summed E-state index contributed by atoms with van der Waals surface area (Å²) in [6.45, 7) is 8.16. The minimum Gasteiger partial charge on any atom is -0.469 e. The van der Waals surface area contributed by atoms with Crippen LogP contribution in [0.15, 0.2) is 27.8 Å². The third-order valence-electron chi connectivity index (χ3n) is 5.33. The summed E-state index contributed by atoms with van der Waals surface area (Å²) in [6.07, 6.45) is 5.95. The Kier molecular flexibility index (Phi) is 9.19. The Bertz CT molecular complexity index is 770. The molecule has 2 fully saturated rings. The molecule has 1 atom stereocenters. The molecule has 0 bridgehead atoms. The van der Waals surface area contributed by atoms with Crippen LogP contribution in [0.3, 0.4) is 0 Å². The van der Waals surface area contributed by atoms with E-state index in [0.717, 1.165) is 94.2 Å². The minimum absolute atomic E-state index is 0. The zero-order chi connectivity index (χ0) is 19.9. The topological polar surface area (TPSA) is 79.0 Å². The number of guanidine groups is 1. The average Bonchev–Trinajstić information content (AvgIpc) is 3.53. The van der Waals surface area contributed by atoms with Crippen LogP contribution in [-0.2, 0) is 17.6 Å². The molecule has 2 aromatic heterocycles. The van der Waals surface area contributed by atoms with Crippen LogP contribution in [-0.4, -0.2) is 72.2 Å². The second-order valence-electron chi connectivity index (χ2n) is 7.38. The summed E-state index contributed by atoms with van der Waals surface area (Å²) in [4.78, 5) is 14.2. The van der Waals surface area contributed by atoms with E-state index in [-0.39, 0.29) is 30.1 Å². The molecule has 8 nitrogen and oxygen atoms in total. The van der Waals surface area contributed by atoms with E-state index in [2.05, 4.69) is 31.4 Å². The second kappa shape index (κ2) is 11.8. The van der Waals surface area contributed by atoms with Gasteiger partial charge in [0, 0.05) is 63.7 Å². The SMILES string of the molecule is CCc1nsc(N2CCN(C(=NCC3CCCO3)NCCc3ccco3)CC2)n1.I. The summed E-state index contributed by atoms with van der Waals surface area (Å²) < 4.78 is 15.6. The Labute approximate surface area is 199 Å². The molecule has 0 aromatic carbocycles. The lowest BCUT2D eigenvalue weighted by Crippen LogP contribution is -2.53. The molecule has 1 unspecified atom stereocenters. The van der Waals surface area contributed by atoms with Crippen molar-refractivity contribution in [3.05, 3.63) is 30.0 Å². The Hall–Kier alpha value is -1.40. The van der Waals surface area contributed by atoms with Gasteiger partial charge < -0.3 is 24.3 Å². The number of hydrogen-bond donors (Lipinski definition) is 1. The van der Waals surface area contributed by atoms with E-state index in [9.17, 15) is 0 Å². The van der Waals surface area contributed by atoms with Gasteiger partial charge in [-0.1, -0.05) is 6.92 Å². The van der Waals surface area contributed by atoms with Crippen LogP contribution >= 0.6 is 35.5 Å². The molecule has 4 rings (SSSR count). The number of ether oxygens (including phenoxy) is 1. The van der Waals surface area contributed by atoms with Crippen LogP contribution in [0.2, 0.25) is 0 Å². The highest BCUT2D eigenvalue weighted by Gasteiger charge is 2.23. The van der Waals surface area contributed by atoms with Crippen molar-refractivity contribution in [1.82, 2.24) is 19.6 Å². The van der Waals surface area contributed by atoms with Crippen molar-refractivity contribution in [1.29, 1.82) is 0 Å². The van der Waals surface area contributed by atoms with Crippen LogP contribution in [0, 0.1) is 0 Å². The zero-order valence-electron chi connectivity index (χ0n) is 17.5. The number of rotatable bonds is 7. The van der Waals surface area contributed by atoms with Crippen LogP contribution in [0.1, 0.15) is 31.4 Å². The summed E-state index contributed by atoms with van der Waals surface area (Å²) in [5, 5.41) is 4.57. The van der Waals surface area contributed by atoms with Crippen LogP contribution in [0.5, 0.6) is 0 Å². The maximum Gasteiger partial charge on any atom is 0.205 e. The number of nitrogens with one attached hydrogen (secondary N) is 1. The van der Waals surface area contributed by atoms with Crippen molar-refractivity contribution in [2.24, 2.45) is 4.99 Å². The second-order valence-corrected chi connectivity index (χ2v) is 8.11. The highest BCUT2D eigenvalue weighted by atomic mass is 127. The van der Waals surface area contributed by atoms with E-state index in [4.69, 9.17) is 14.1 Å². The zero-order valence-corrected chi connectivity index (χ0v) is 20.6. The summed E-state index contributed by atoms with van der Waals surface area (Å²) in [5.74, 6) is 2.90. The van der Waals surface area contributed by atoms with Gasteiger partial charge in [0.2, 0.25) is 5.13 Å². The van der Waals surface area contributed by atoms with Gasteiger partial charge >= 0.3 is 0 Å². The van der Waals surface area contributed by atoms with Crippen molar-refractivity contribution in [3.63, 3.8) is 0 Å². The Morgan fingerprint density at radius 1 is 1.33 bits per heavy atom. The van der Waals surface area contributed by atoms with Crippen molar-refractivity contribution in [2.75, 3.05) is 50.8 Å². The lowest BCUT2D eigenvalue weighted by molar-refractivity contribution is 0.117. The number of aliphatic imine (C=N–C) groups is 1. The van der Waals surface area contributed by atoms with Crippen LogP contribution in [0.4, 0.5) is 5.13 Å². The molecule has 0 spiro atoms. The summed E-state index contributed by atoms with van der Waals surface area (Å²) in [6, 6.07) is 3.94. The lowest BCUT2D eigenvalue weighted by Gasteiger charge is -2.36. The quantitative estimate of drug-likeness (QED) is 0.325. The molecule has 0 radical (unpaired) electrons. The molecular formula is C20H31IN6O2S. The van der Waals surface area contributed by atoms with Gasteiger partial charge in [-0.15, -0.1) is 24.0 Å². The molecule has 2 aliphatic heterocycles. The first kappa shape index (κ1) is 23.3. The average molecular weight is 546 g/mol. The summed E-state index contributed by atoms with van der Waals surface area (Å²) in [5.41, 5.74) is 0. The molecule has 2 aliphatic rings. The third kappa shape index (κ3) is 6.30. The number of hydrogen-bond acceptors (Lipinski definition) is 7. The molecule has 4 heterocycles. The van der Waals surface area contributed by atoms with Gasteiger partial charge in [-0.3, -0.25) is 4.99 Å². The van der Waals surface area contributed by atoms with E-state index >= 15 is 0 Å². The number of aryl methyl sites for hydroxylation is 1. The van der Waals surface area contributed by atoms with Crippen molar-refractivity contribution in [3.8, 4) is 0 Å². The van der Waals surface area contributed by atoms with Gasteiger partial charge in [0.1, 0.15) is 11.6 Å². The number of furan rings is 1. The third-order valence-corrected chi connectivity index (χ3v) is 6.14. The molecule has 0 aliphatic carbocycles. The van der Waals surface area contributed by atoms with Crippen LogP contribution in [0.25, 0.3) is 0 Å². The Balaban J connectivity index is 0.00000256. The fourth-order valence-corrected chi connectivity index (χ4v) is 4.42. The van der Waals surface area contributed by atoms with E-state index in [0.29, 0.717) is 0 Å². The predicted octanol–water partition coefficient (Wildman–Crippen LogP) is 2.80. The lowest BCUT2D eigenvalue weighted by atomic mass is 10.2. The van der Waals surface area contributed by atoms with Crippen LogP contribution < -0.4 is 10.2 Å². The van der Waals surface area contributed by atoms with Gasteiger partial charge in [-0.05, 0) is 25.0 Å². The largest absolute Gasteiger partial charge is 0.469 e. The van der Waals surface area contributed by atoms with Gasteiger partial charge in [0.05, 0.1) is 18.9 Å². The highest BCUT2D eigenvalue weighted by molar-refractivity contribution is 14.0. The molecule has 0 amide bonds. The molecule has 1 N–H and O–H groups in total. The molecular weight excluding hydrogens is 515 g/mol. The molecule has 2 saturated heterocycles. The van der Waals surface area contributed by atoms with Crippen molar-refractivity contribution < 1.29 is 9.15 Å². The van der Waals surface area contributed by atoms with E-state index < -0.39 is 0 Å². The maximum absolute atomic E-state index is 5.75. The standard InChI is InChI=1S/C20H30N6O2S.HI/c1-2-18-23-20(29-24-18)26-11-9-25(10-12-26)19(22-15-17-6-4-14-28-17)21-8-7-16-5-3-13-27-16;/h3,5,13,17H,2,4,6-12,14-15H2,1H3,(H,21,22);1H. The first-order valence-electron chi connectivity index (χ1n) is 10.6. The van der Waals surface area contributed by atoms with Crippen molar-refractivity contribution >= 4 is 46.6 Å². The first-order chi connectivity index (χ1) is 14.3.